The van der Waals surface area contributed by atoms with Crippen LogP contribution in [0.2, 0.25) is 0 Å². The summed E-state index contributed by atoms with van der Waals surface area (Å²) in [5.41, 5.74) is 1.01. The predicted molar refractivity (Wildman–Crippen MR) is 74.6 cm³/mol. The normalized spacial score (nSPS) is 15.8. The van der Waals surface area contributed by atoms with Crippen LogP contribution in [-0.2, 0) is 11.3 Å². The van der Waals surface area contributed by atoms with E-state index >= 15 is 0 Å². The molecule has 0 saturated carbocycles. The Morgan fingerprint density at radius 1 is 1.42 bits per heavy atom. The van der Waals surface area contributed by atoms with Gasteiger partial charge in [-0.2, -0.15) is 0 Å². The lowest BCUT2D eigenvalue weighted by atomic mass is 10.3. The van der Waals surface area contributed by atoms with Crippen LogP contribution in [0.3, 0.4) is 0 Å². The van der Waals surface area contributed by atoms with E-state index in [4.69, 9.17) is 0 Å². The lowest BCUT2D eigenvalue weighted by Crippen LogP contribution is -2.49. The molecular formula is C14H22N4O. The van der Waals surface area contributed by atoms with Crippen molar-refractivity contribution in [3.8, 4) is 0 Å². The van der Waals surface area contributed by atoms with Crippen molar-refractivity contribution in [2.45, 2.75) is 13.5 Å². The van der Waals surface area contributed by atoms with Gasteiger partial charge in [0.05, 0.1) is 12.2 Å². The van der Waals surface area contributed by atoms with Gasteiger partial charge in [-0.05, 0) is 18.7 Å². The van der Waals surface area contributed by atoms with Crippen molar-refractivity contribution >= 4 is 5.91 Å². The molecule has 0 spiro atoms. The molecule has 1 fully saturated rings. The Labute approximate surface area is 114 Å². The Morgan fingerprint density at radius 2 is 2.21 bits per heavy atom. The van der Waals surface area contributed by atoms with Crippen LogP contribution in [0.4, 0.5) is 0 Å². The number of carbonyl (C=O) groups excluding carboxylic acids is 1. The summed E-state index contributed by atoms with van der Waals surface area (Å²) in [6.45, 7) is 7.58. The van der Waals surface area contributed by atoms with E-state index in [1.165, 1.54) is 0 Å². The Hall–Kier alpha value is -1.46. The minimum Gasteiger partial charge on any atom is -0.339 e. The Bertz CT molecular complexity index is 390. The summed E-state index contributed by atoms with van der Waals surface area (Å²) in [6, 6.07) is 5.89. The second kappa shape index (κ2) is 7.21. The molecule has 5 heteroatoms. The van der Waals surface area contributed by atoms with E-state index < -0.39 is 0 Å². The molecule has 2 rings (SSSR count). The summed E-state index contributed by atoms with van der Waals surface area (Å²) >= 11 is 0. The van der Waals surface area contributed by atoms with Gasteiger partial charge in [0.1, 0.15) is 0 Å². The molecule has 0 aliphatic carbocycles. The number of aromatic nitrogens is 1. The van der Waals surface area contributed by atoms with Gasteiger partial charge in [-0.3, -0.25) is 14.7 Å². The summed E-state index contributed by atoms with van der Waals surface area (Å²) in [5.74, 6) is 0.222. The molecule has 1 saturated heterocycles. The minimum atomic E-state index is 0.222. The fourth-order valence-electron chi connectivity index (χ4n) is 2.21. The summed E-state index contributed by atoms with van der Waals surface area (Å²) < 4.78 is 0. The second-order valence-corrected chi connectivity index (χ2v) is 4.76. The molecule has 1 aromatic rings. The van der Waals surface area contributed by atoms with Gasteiger partial charge in [-0.15, -0.1) is 0 Å². The number of hydrogen-bond acceptors (Lipinski definition) is 4. The molecule has 1 N–H and O–H groups in total. The highest BCUT2D eigenvalue weighted by Crippen LogP contribution is 2.02. The van der Waals surface area contributed by atoms with E-state index in [2.05, 4.69) is 22.1 Å². The Balaban J connectivity index is 1.86. The van der Waals surface area contributed by atoms with Crippen LogP contribution in [0.5, 0.6) is 0 Å². The maximum absolute atomic E-state index is 12.2. The number of nitrogens with zero attached hydrogens (tertiary/aromatic N) is 3. The third-order valence-electron chi connectivity index (χ3n) is 3.39. The zero-order valence-corrected chi connectivity index (χ0v) is 11.5. The number of piperazine rings is 1. The molecule has 1 aliphatic heterocycles. The molecule has 0 bridgehead atoms. The first-order valence-corrected chi connectivity index (χ1v) is 6.90. The maximum Gasteiger partial charge on any atom is 0.236 e. The van der Waals surface area contributed by atoms with Gasteiger partial charge in [0.25, 0.3) is 0 Å². The van der Waals surface area contributed by atoms with Crippen LogP contribution in [0.15, 0.2) is 24.4 Å². The SMILES string of the molecule is CCN(CC(=O)N1CCNCC1)Cc1ccccn1. The average Bonchev–Trinajstić information content (AvgIpc) is 2.48. The fourth-order valence-corrected chi connectivity index (χ4v) is 2.21. The first kappa shape index (κ1) is 14.0. The first-order chi connectivity index (χ1) is 9.29. The summed E-state index contributed by atoms with van der Waals surface area (Å²) in [5, 5.41) is 3.26. The molecule has 1 amide bonds. The van der Waals surface area contributed by atoms with Crippen LogP contribution < -0.4 is 5.32 Å². The van der Waals surface area contributed by atoms with Gasteiger partial charge in [-0.1, -0.05) is 13.0 Å². The van der Waals surface area contributed by atoms with Crippen molar-refractivity contribution in [3.63, 3.8) is 0 Å². The zero-order valence-electron chi connectivity index (χ0n) is 11.5. The van der Waals surface area contributed by atoms with Crippen molar-refractivity contribution in [2.75, 3.05) is 39.3 Å². The monoisotopic (exact) mass is 262 g/mol. The summed E-state index contributed by atoms with van der Waals surface area (Å²) in [4.78, 5) is 20.6. The fraction of sp³-hybridized carbons (Fsp3) is 0.571. The molecule has 5 nitrogen and oxygen atoms in total. The van der Waals surface area contributed by atoms with Crippen molar-refractivity contribution < 1.29 is 4.79 Å². The number of likely N-dealkylation sites (N-methyl/N-ethyl adjacent to an activating group) is 1. The van der Waals surface area contributed by atoms with Crippen LogP contribution >= 0.6 is 0 Å². The maximum atomic E-state index is 12.2. The molecule has 0 aromatic carbocycles. The lowest BCUT2D eigenvalue weighted by molar-refractivity contribution is -0.133. The van der Waals surface area contributed by atoms with Gasteiger partial charge in [0.2, 0.25) is 5.91 Å². The molecule has 2 heterocycles. The van der Waals surface area contributed by atoms with Gasteiger partial charge in [0, 0.05) is 38.9 Å². The van der Waals surface area contributed by atoms with Crippen molar-refractivity contribution in [3.05, 3.63) is 30.1 Å². The first-order valence-electron chi connectivity index (χ1n) is 6.90. The topological polar surface area (TPSA) is 48.5 Å². The van der Waals surface area contributed by atoms with Crippen molar-refractivity contribution in [2.24, 2.45) is 0 Å². The number of rotatable bonds is 5. The quantitative estimate of drug-likeness (QED) is 0.831. The third-order valence-corrected chi connectivity index (χ3v) is 3.39. The smallest absolute Gasteiger partial charge is 0.236 e. The van der Waals surface area contributed by atoms with Gasteiger partial charge < -0.3 is 10.2 Å². The van der Waals surface area contributed by atoms with E-state index in [1.807, 2.05) is 23.1 Å². The van der Waals surface area contributed by atoms with Crippen LogP contribution in [0.25, 0.3) is 0 Å². The number of carbonyl (C=O) groups is 1. The number of hydrogen-bond donors (Lipinski definition) is 1. The zero-order chi connectivity index (χ0) is 13.5. The number of amides is 1. The molecule has 19 heavy (non-hydrogen) atoms. The predicted octanol–water partition coefficient (Wildman–Crippen LogP) is 0.335. The van der Waals surface area contributed by atoms with Crippen molar-refractivity contribution in [1.82, 2.24) is 20.1 Å². The van der Waals surface area contributed by atoms with E-state index in [0.29, 0.717) is 6.54 Å². The third kappa shape index (κ3) is 4.29. The van der Waals surface area contributed by atoms with Gasteiger partial charge >= 0.3 is 0 Å². The largest absolute Gasteiger partial charge is 0.339 e. The highest BCUT2D eigenvalue weighted by atomic mass is 16.2. The highest BCUT2D eigenvalue weighted by Gasteiger charge is 2.18. The van der Waals surface area contributed by atoms with Crippen LogP contribution in [0, 0.1) is 0 Å². The van der Waals surface area contributed by atoms with E-state index in [0.717, 1.165) is 45.0 Å². The summed E-state index contributed by atoms with van der Waals surface area (Å²) in [6.07, 6.45) is 1.79. The lowest BCUT2D eigenvalue weighted by Gasteiger charge is -2.30. The molecule has 104 valence electrons. The van der Waals surface area contributed by atoms with Crippen LogP contribution in [0.1, 0.15) is 12.6 Å². The van der Waals surface area contributed by atoms with Gasteiger partial charge in [0.15, 0.2) is 0 Å². The van der Waals surface area contributed by atoms with E-state index in [1.54, 1.807) is 6.20 Å². The van der Waals surface area contributed by atoms with Crippen LogP contribution in [-0.4, -0.2) is 60.0 Å². The summed E-state index contributed by atoms with van der Waals surface area (Å²) in [7, 11) is 0. The molecule has 0 unspecified atom stereocenters. The Morgan fingerprint density at radius 3 is 2.84 bits per heavy atom. The second-order valence-electron chi connectivity index (χ2n) is 4.76. The standard InChI is InChI=1S/C14H22N4O/c1-2-17(11-13-5-3-4-6-16-13)12-14(19)18-9-7-15-8-10-18/h3-6,15H,2,7-12H2,1H3. The highest BCUT2D eigenvalue weighted by molar-refractivity contribution is 5.78. The van der Waals surface area contributed by atoms with E-state index in [9.17, 15) is 4.79 Å². The van der Waals surface area contributed by atoms with E-state index in [-0.39, 0.29) is 5.91 Å². The molecule has 0 atom stereocenters. The number of pyridine rings is 1. The molecule has 1 aliphatic rings. The minimum absolute atomic E-state index is 0.222. The molecular weight excluding hydrogens is 240 g/mol. The molecule has 0 radical (unpaired) electrons. The molecule has 1 aromatic heterocycles. The number of nitrogens with one attached hydrogen (secondary N) is 1. The average molecular weight is 262 g/mol. The van der Waals surface area contributed by atoms with Crippen molar-refractivity contribution in [1.29, 1.82) is 0 Å². The Kier molecular flexibility index (Phi) is 5.30. The van der Waals surface area contributed by atoms with Gasteiger partial charge in [-0.25, -0.2) is 0 Å².